The second kappa shape index (κ2) is 6.80. The van der Waals surface area contributed by atoms with Crippen molar-refractivity contribution in [2.75, 3.05) is 12.4 Å². The highest BCUT2D eigenvalue weighted by atomic mass is 16.5. The van der Waals surface area contributed by atoms with Crippen LogP contribution >= 0.6 is 0 Å². The molecule has 5 nitrogen and oxygen atoms in total. The summed E-state index contributed by atoms with van der Waals surface area (Å²) >= 11 is 0. The molecule has 0 radical (unpaired) electrons. The van der Waals surface area contributed by atoms with Crippen LogP contribution in [0, 0.1) is 18.3 Å². The molecule has 0 aliphatic carbocycles. The zero-order valence-corrected chi connectivity index (χ0v) is 13.4. The molecule has 24 heavy (non-hydrogen) atoms. The van der Waals surface area contributed by atoms with Crippen molar-refractivity contribution in [2.45, 2.75) is 6.92 Å². The first kappa shape index (κ1) is 15.5. The topological polar surface area (TPSA) is 70.8 Å². The molecule has 3 rings (SSSR count). The first-order valence-electron chi connectivity index (χ1n) is 7.44. The second-order valence-corrected chi connectivity index (χ2v) is 5.28. The van der Waals surface area contributed by atoms with E-state index in [4.69, 9.17) is 10.00 Å². The van der Waals surface area contributed by atoms with Gasteiger partial charge in [0.2, 0.25) is 0 Å². The molecule has 0 unspecified atom stereocenters. The summed E-state index contributed by atoms with van der Waals surface area (Å²) in [5.74, 6) is 1.15. The van der Waals surface area contributed by atoms with Gasteiger partial charge in [-0.25, -0.2) is 9.97 Å². The number of hydrogen-bond donors (Lipinski definition) is 1. The second-order valence-electron chi connectivity index (χ2n) is 5.28. The molecule has 0 amide bonds. The van der Waals surface area contributed by atoms with Crippen LogP contribution in [0.5, 0.6) is 5.75 Å². The van der Waals surface area contributed by atoms with E-state index < -0.39 is 0 Å². The molecule has 3 aromatic rings. The van der Waals surface area contributed by atoms with Crippen molar-refractivity contribution in [1.29, 1.82) is 5.26 Å². The number of rotatable bonds is 4. The maximum Gasteiger partial charge on any atom is 0.187 e. The molecule has 0 saturated carbocycles. The number of methoxy groups -OCH3 is 1. The van der Waals surface area contributed by atoms with Gasteiger partial charge in [-0.3, -0.25) is 0 Å². The van der Waals surface area contributed by atoms with Crippen LogP contribution in [0.4, 0.5) is 11.5 Å². The quantitative estimate of drug-likeness (QED) is 0.785. The van der Waals surface area contributed by atoms with Gasteiger partial charge in [-0.05, 0) is 31.2 Å². The molecule has 1 heterocycles. The fraction of sp³-hybridized carbons (Fsp3) is 0.105. The zero-order chi connectivity index (χ0) is 16.9. The molecule has 0 saturated heterocycles. The van der Waals surface area contributed by atoms with Crippen molar-refractivity contribution in [3.8, 4) is 23.1 Å². The van der Waals surface area contributed by atoms with Crippen LogP contribution in [0.15, 0.2) is 54.9 Å². The van der Waals surface area contributed by atoms with Gasteiger partial charge in [0.05, 0.1) is 18.7 Å². The lowest BCUT2D eigenvalue weighted by Crippen LogP contribution is -2.01. The molecular weight excluding hydrogens is 300 g/mol. The normalized spacial score (nSPS) is 10.0. The summed E-state index contributed by atoms with van der Waals surface area (Å²) in [6, 6.07) is 17.3. The molecule has 1 aromatic heterocycles. The van der Waals surface area contributed by atoms with Gasteiger partial charge in [-0.2, -0.15) is 5.26 Å². The standard InChI is InChI=1S/C19H16N4O/c1-13-3-7-15(8-4-13)17-18(24-2)19(22-12-21-17)23-16-9-5-14(11-20)6-10-16/h3-10,12H,1-2H3,(H,21,22,23). The molecule has 2 aromatic carbocycles. The van der Waals surface area contributed by atoms with E-state index >= 15 is 0 Å². The summed E-state index contributed by atoms with van der Waals surface area (Å²) in [7, 11) is 1.60. The lowest BCUT2D eigenvalue weighted by molar-refractivity contribution is 0.415. The summed E-state index contributed by atoms with van der Waals surface area (Å²) in [5.41, 5.74) is 4.30. The van der Waals surface area contributed by atoms with E-state index in [2.05, 4.69) is 21.4 Å². The number of aromatic nitrogens is 2. The molecule has 0 atom stereocenters. The summed E-state index contributed by atoms with van der Waals surface area (Å²) in [4.78, 5) is 8.64. The number of nitriles is 1. The average molecular weight is 316 g/mol. The number of nitrogens with zero attached hydrogens (tertiary/aromatic N) is 3. The Kier molecular flexibility index (Phi) is 4.39. The van der Waals surface area contributed by atoms with E-state index in [1.165, 1.54) is 11.9 Å². The van der Waals surface area contributed by atoms with Crippen LogP contribution in [0.3, 0.4) is 0 Å². The lowest BCUT2D eigenvalue weighted by atomic mass is 10.1. The molecule has 0 aliphatic rings. The summed E-state index contributed by atoms with van der Waals surface area (Å²) in [5, 5.41) is 12.1. The van der Waals surface area contributed by atoms with Crippen LogP contribution in [0.25, 0.3) is 11.3 Å². The molecule has 1 N–H and O–H groups in total. The highest BCUT2D eigenvalue weighted by Gasteiger charge is 2.14. The highest BCUT2D eigenvalue weighted by molar-refractivity contribution is 5.75. The molecule has 5 heteroatoms. The van der Waals surface area contributed by atoms with Crippen LogP contribution in [0.1, 0.15) is 11.1 Å². The summed E-state index contributed by atoms with van der Waals surface area (Å²) in [6.07, 6.45) is 1.50. The number of aryl methyl sites for hydroxylation is 1. The maximum atomic E-state index is 8.87. The van der Waals surface area contributed by atoms with E-state index in [0.717, 1.165) is 16.9 Å². The number of hydrogen-bond acceptors (Lipinski definition) is 5. The van der Waals surface area contributed by atoms with Crippen molar-refractivity contribution in [3.63, 3.8) is 0 Å². The largest absolute Gasteiger partial charge is 0.491 e. The van der Waals surface area contributed by atoms with Gasteiger partial charge in [0.25, 0.3) is 0 Å². The van der Waals surface area contributed by atoms with Crippen LogP contribution in [-0.4, -0.2) is 17.1 Å². The van der Waals surface area contributed by atoms with Gasteiger partial charge in [0.15, 0.2) is 11.6 Å². The summed E-state index contributed by atoms with van der Waals surface area (Å²) < 4.78 is 5.54. The SMILES string of the molecule is COc1c(Nc2ccc(C#N)cc2)ncnc1-c1ccc(C)cc1. The minimum Gasteiger partial charge on any atom is -0.491 e. The average Bonchev–Trinajstić information content (AvgIpc) is 2.63. The Morgan fingerprint density at radius 1 is 1.00 bits per heavy atom. The van der Waals surface area contributed by atoms with E-state index in [9.17, 15) is 0 Å². The molecule has 0 bridgehead atoms. The van der Waals surface area contributed by atoms with Crippen molar-refractivity contribution in [3.05, 3.63) is 66.0 Å². The van der Waals surface area contributed by atoms with E-state index in [-0.39, 0.29) is 0 Å². The monoisotopic (exact) mass is 316 g/mol. The molecule has 118 valence electrons. The van der Waals surface area contributed by atoms with Crippen molar-refractivity contribution < 1.29 is 4.74 Å². The number of ether oxygens (including phenoxy) is 1. The third-order valence-corrected chi connectivity index (χ3v) is 3.61. The Balaban J connectivity index is 1.97. The third kappa shape index (κ3) is 3.18. The lowest BCUT2D eigenvalue weighted by Gasteiger charge is -2.13. The van der Waals surface area contributed by atoms with Gasteiger partial charge < -0.3 is 10.1 Å². The van der Waals surface area contributed by atoms with Gasteiger partial charge in [0, 0.05) is 11.3 Å². The van der Waals surface area contributed by atoms with Gasteiger partial charge in [0.1, 0.15) is 12.0 Å². The van der Waals surface area contributed by atoms with Crippen molar-refractivity contribution >= 4 is 11.5 Å². The smallest absolute Gasteiger partial charge is 0.187 e. The van der Waals surface area contributed by atoms with Crippen molar-refractivity contribution in [1.82, 2.24) is 9.97 Å². The maximum absolute atomic E-state index is 8.87. The minimum atomic E-state index is 0.575. The number of benzene rings is 2. The van der Waals surface area contributed by atoms with Crippen LogP contribution < -0.4 is 10.1 Å². The van der Waals surface area contributed by atoms with Crippen LogP contribution in [-0.2, 0) is 0 Å². The van der Waals surface area contributed by atoms with Crippen LogP contribution in [0.2, 0.25) is 0 Å². The van der Waals surface area contributed by atoms with Gasteiger partial charge in [-0.1, -0.05) is 29.8 Å². The third-order valence-electron chi connectivity index (χ3n) is 3.61. The predicted molar refractivity (Wildman–Crippen MR) is 93.2 cm³/mol. The first-order chi connectivity index (χ1) is 11.7. The Morgan fingerprint density at radius 2 is 1.71 bits per heavy atom. The molecule has 0 aliphatic heterocycles. The molecule has 0 spiro atoms. The molecular formula is C19H16N4O. The summed E-state index contributed by atoms with van der Waals surface area (Å²) in [6.45, 7) is 2.04. The fourth-order valence-corrected chi connectivity index (χ4v) is 2.34. The van der Waals surface area contributed by atoms with Gasteiger partial charge in [-0.15, -0.1) is 0 Å². The zero-order valence-electron chi connectivity index (χ0n) is 13.4. The minimum absolute atomic E-state index is 0.575. The molecule has 0 fully saturated rings. The Morgan fingerprint density at radius 3 is 2.33 bits per heavy atom. The highest BCUT2D eigenvalue weighted by Crippen LogP contribution is 2.34. The number of anilines is 2. The van der Waals surface area contributed by atoms with E-state index in [1.807, 2.05) is 43.3 Å². The number of nitrogens with one attached hydrogen (secondary N) is 1. The fourth-order valence-electron chi connectivity index (χ4n) is 2.34. The Labute approximate surface area is 140 Å². The Bertz CT molecular complexity index is 881. The first-order valence-corrected chi connectivity index (χ1v) is 7.44. The van der Waals surface area contributed by atoms with E-state index in [1.54, 1.807) is 19.2 Å². The van der Waals surface area contributed by atoms with E-state index in [0.29, 0.717) is 17.1 Å². The predicted octanol–water partition coefficient (Wildman–Crippen LogP) is 4.08. The van der Waals surface area contributed by atoms with Gasteiger partial charge >= 0.3 is 0 Å². The van der Waals surface area contributed by atoms with Crippen molar-refractivity contribution in [2.24, 2.45) is 0 Å². The Hall–Kier alpha value is -3.39.